The first-order chi connectivity index (χ1) is 10.1. The lowest BCUT2D eigenvalue weighted by molar-refractivity contribution is 0.240. The summed E-state index contributed by atoms with van der Waals surface area (Å²) < 4.78 is 1.17. The van der Waals surface area contributed by atoms with E-state index in [-0.39, 0.29) is 0 Å². The number of amidine groups is 1. The molecule has 0 fully saturated rings. The molecule has 0 bridgehead atoms. The Bertz CT molecular complexity index is 794. The smallest absolute Gasteiger partial charge is 0.168 e. The molecule has 6 heteroatoms. The highest BCUT2D eigenvalue weighted by atomic mass is 35.5. The number of aliphatic hydroxyl groups is 1. The van der Waals surface area contributed by atoms with Crippen molar-refractivity contribution in [2.24, 2.45) is 4.99 Å². The van der Waals surface area contributed by atoms with Crippen molar-refractivity contribution in [1.82, 2.24) is 4.90 Å². The van der Waals surface area contributed by atoms with Gasteiger partial charge in [0.1, 0.15) is 0 Å². The molecule has 4 rings (SSSR count). The van der Waals surface area contributed by atoms with Gasteiger partial charge < -0.3 is 10.0 Å². The third-order valence-electron chi connectivity index (χ3n) is 3.63. The Morgan fingerprint density at radius 2 is 2.29 bits per heavy atom. The maximum absolute atomic E-state index is 10.1. The zero-order chi connectivity index (χ0) is 14.6. The highest BCUT2D eigenvalue weighted by molar-refractivity contribution is 8.17. The van der Waals surface area contributed by atoms with E-state index < -0.39 is 6.10 Å². The average molecular weight is 337 g/mol. The van der Waals surface area contributed by atoms with E-state index in [9.17, 15) is 5.11 Å². The maximum atomic E-state index is 10.1. The fourth-order valence-corrected chi connectivity index (χ4v) is 5.32. The Morgan fingerprint density at radius 1 is 1.43 bits per heavy atom. The van der Waals surface area contributed by atoms with Gasteiger partial charge in [-0.25, -0.2) is 0 Å². The number of rotatable bonds is 2. The average Bonchev–Trinajstić information content (AvgIpc) is 3.10. The van der Waals surface area contributed by atoms with E-state index in [0.29, 0.717) is 0 Å². The van der Waals surface area contributed by atoms with Crippen LogP contribution in [-0.2, 0) is 0 Å². The number of halogens is 1. The summed E-state index contributed by atoms with van der Waals surface area (Å²) in [4.78, 5) is 8.85. The third-order valence-corrected chi connectivity index (χ3v) is 6.35. The zero-order valence-corrected chi connectivity index (χ0v) is 13.7. The maximum Gasteiger partial charge on any atom is 0.168 e. The molecular formula is C15H13ClN2OS2. The van der Waals surface area contributed by atoms with Crippen molar-refractivity contribution in [2.75, 3.05) is 13.1 Å². The predicted octanol–water partition coefficient (Wildman–Crippen LogP) is 4.02. The highest BCUT2D eigenvalue weighted by Gasteiger charge is 2.35. The number of hydrogen-bond acceptors (Lipinski definition) is 5. The van der Waals surface area contributed by atoms with Gasteiger partial charge in [0.15, 0.2) is 5.17 Å². The summed E-state index contributed by atoms with van der Waals surface area (Å²) >= 11 is 9.59. The molecule has 0 radical (unpaired) electrons. The standard InChI is InChI=1S/C15H13ClN2OS2/c1-8(19)14-13(18-6-5-17-15(18)21-14)12-7-9-10(16)3-2-4-11(9)20-12/h2-4,7-8,19H,5-6H2,1H3. The van der Waals surface area contributed by atoms with E-state index in [1.165, 1.54) is 4.70 Å². The van der Waals surface area contributed by atoms with E-state index in [2.05, 4.69) is 22.0 Å². The first-order valence-corrected chi connectivity index (χ1v) is 8.77. The molecular weight excluding hydrogens is 324 g/mol. The number of thiophene rings is 1. The van der Waals surface area contributed by atoms with Crippen LogP contribution in [0.1, 0.15) is 11.8 Å². The van der Waals surface area contributed by atoms with Crippen LogP contribution in [0.4, 0.5) is 0 Å². The monoisotopic (exact) mass is 336 g/mol. The van der Waals surface area contributed by atoms with Gasteiger partial charge in [-0.15, -0.1) is 11.3 Å². The van der Waals surface area contributed by atoms with Crippen molar-refractivity contribution in [3.05, 3.63) is 39.1 Å². The molecule has 0 saturated heterocycles. The van der Waals surface area contributed by atoms with E-state index in [0.717, 1.165) is 44.1 Å². The van der Waals surface area contributed by atoms with Gasteiger partial charge in [0.2, 0.25) is 0 Å². The SMILES string of the molecule is CC(O)C1=C(c2cc3c(Cl)cccc3s2)N2CCN=C2S1. The summed E-state index contributed by atoms with van der Waals surface area (Å²) in [5.41, 5.74) is 1.10. The molecule has 0 aliphatic carbocycles. The number of aliphatic imine (C=N–C) groups is 1. The lowest BCUT2D eigenvalue weighted by Gasteiger charge is -2.16. The number of nitrogens with zero attached hydrogens (tertiary/aromatic N) is 2. The second-order valence-corrected chi connectivity index (χ2v) is 7.57. The predicted molar refractivity (Wildman–Crippen MR) is 92.0 cm³/mol. The van der Waals surface area contributed by atoms with Gasteiger partial charge in [0.05, 0.1) is 23.2 Å². The van der Waals surface area contributed by atoms with Gasteiger partial charge in [0, 0.05) is 26.6 Å². The topological polar surface area (TPSA) is 35.8 Å². The summed E-state index contributed by atoms with van der Waals surface area (Å²) in [5.74, 6) is 0. The normalized spacial score (nSPS) is 19.4. The third kappa shape index (κ3) is 2.11. The molecule has 0 amide bonds. The minimum atomic E-state index is -0.487. The largest absolute Gasteiger partial charge is 0.388 e. The van der Waals surface area contributed by atoms with E-state index in [1.807, 2.05) is 19.1 Å². The van der Waals surface area contributed by atoms with Crippen molar-refractivity contribution in [1.29, 1.82) is 0 Å². The number of hydrogen-bond donors (Lipinski definition) is 1. The van der Waals surface area contributed by atoms with Crippen LogP contribution >= 0.6 is 34.7 Å². The van der Waals surface area contributed by atoms with Crippen molar-refractivity contribution < 1.29 is 5.11 Å². The highest BCUT2D eigenvalue weighted by Crippen LogP contribution is 2.46. The van der Waals surface area contributed by atoms with Crippen molar-refractivity contribution in [2.45, 2.75) is 13.0 Å². The van der Waals surface area contributed by atoms with E-state index in [4.69, 9.17) is 11.6 Å². The molecule has 0 saturated carbocycles. The summed E-state index contributed by atoms with van der Waals surface area (Å²) in [6, 6.07) is 8.10. The van der Waals surface area contributed by atoms with Gasteiger partial charge in [0.25, 0.3) is 0 Å². The Labute approximate surface area is 135 Å². The molecule has 3 heterocycles. The van der Waals surface area contributed by atoms with Gasteiger partial charge in [-0.05, 0) is 25.1 Å². The molecule has 1 unspecified atom stereocenters. The molecule has 2 aromatic rings. The van der Waals surface area contributed by atoms with Gasteiger partial charge in [-0.2, -0.15) is 0 Å². The van der Waals surface area contributed by atoms with Crippen LogP contribution in [0.25, 0.3) is 15.8 Å². The number of fused-ring (bicyclic) bond motifs is 2. The van der Waals surface area contributed by atoms with Crippen LogP contribution in [0.5, 0.6) is 0 Å². The zero-order valence-electron chi connectivity index (χ0n) is 11.3. The first-order valence-electron chi connectivity index (χ1n) is 6.75. The number of thioether (sulfide) groups is 1. The summed E-state index contributed by atoms with van der Waals surface area (Å²) in [6.45, 7) is 3.52. The molecule has 1 N–H and O–H groups in total. The van der Waals surface area contributed by atoms with Crippen LogP contribution < -0.4 is 0 Å². The molecule has 21 heavy (non-hydrogen) atoms. The van der Waals surface area contributed by atoms with Crippen LogP contribution in [0, 0.1) is 0 Å². The Balaban J connectivity index is 1.90. The molecule has 2 aliphatic rings. The van der Waals surface area contributed by atoms with Crippen molar-refractivity contribution >= 4 is 55.7 Å². The fraction of sp³-hybridized carbons (Fsp3) is 0.267. The molecule has 1 aromatic heterocycles. The molecule has 108 valence electrons. The van der Waals surface area contributed by atoms with Crippen LogP contribution in [0.3, 0.4) is 0 Å². The summed E-state index contributed by atoms with van der Waals surface area (Å²) in [6.07, 6.45) is -0.487. The minimum Gasteiger partial charge on any atom is -0.388 e. The Hall–Kier alpha value is -1.01. The molecule has 1 aromatic carbocycles. The van der Waals surface area contributed by atoms with Crippen molar-refractivity contribution in [3.63, 3.8) is 0 Å². The lowest BCUT2D eigenvalue weighted by Crippen LogP contribution is -2.19. The number of benzene rings is 1. The number of aliphatic hydroxyl groups excluding tert-OH is 1. The van der Waals surface area contributed by atoms with E-state index in [1.54, 1.807) is 23.1 Å². The van der Waals surface area contributed by atoms with E-state index >= 15 is 0 Å². The van der Waals surface area contributed by atoms with Gasteiger partial charge >= 0.3 is 0 Å². The fourth-order valence-electron chi connectivity index (χ4n) is 2.68. The van der Waals surface area contributed by atoms with Crippen LogP contribution in [0.15, 0.2) is 34.2 Å². The molecule has 2 aliphatic heterocycles. The van der Waals surface area contributed by atoms with Crippen LogP contribution in [-0.4, -0.2) is 34.4 Å². The Morgan fingerprint density at radius 3 is 3.05 bits per heavy atom. The molecule has 1 atom stereocenters. The van der Waals surface area contributed by atoms with Gasteiger partial charge in [-0.1, -0.05) is 29.4 Å². The molecule has 3 nitrogen and oxygen atoms in total. The van der Waals surface area contributed by atoms with Crippen LogP contribution in [0.2, 0.25) is 5.02 Å². The molecule has 0 spiro atoms. The second-order valence-electron chi connectivity index (χ2n) is 5.07. The summed E-state index contributed by atoms with van der Waals surface area (Å²) in [5, 5.41) is 12.9. The quantitative estimate of drug-likeness (QED) is 0.899. The first kappa shape index (κ1) is 13.6. The van der Waals surface area contributed by atoms with Gasteiger partial charge in [-0.3, -0.25) is 4.99 Å². The van der Waals surface area contributed by atoms with Crippen molar-refractivity contribution in [3.8, 4) is 0 Å². The summed E-state index contributed by atoms with van der Waals surface area (Å²) in [7, 11) is 0. The second kappa shape index (κ2) is 5.02. The Kier molecular flexibility index (Phi) is 3.26. The lowest BCUT2D eigenvalue weighted by atomic mass is 10.2. The minimum absolute atomic E-state index is 0.487.